The third kappa shape index (κ3) is 2.67. The standard InChI is InChI=1S/C25H23N3O/c1-25-17-21(18-11-5-3-6-12-18)26-28(23(29)19-13-7-4-8-14-19)24(25)27(2)22-16-10-9-15-20(22)25/h3-16,24H,17H2,1-2H3/t24-,25-/m1/s1. The molecule has 3 aromatic rings. The summed E-state index contributed by atoms with van der Waals surface area (Å²) in [6.45, 7) is 2.25. The number of fused-ring (bicyclic) bond motifs is 3. The molecule has 144 valence electrons. The summed E-state index contributed by atoms with van der Waals surface area (Å²) in [7, 11) is 2.06. The first-order chi connectivity index (χ1) is 14.1. The summed E-state index contributed by atoms with van der Waals surface area (Å²) in [6, 6.07) is 28.0. The SMILES string of the molecule is CN1c2ccccc2[C@@]2(C)CC(c3ccccc3)=NN(C(=O)c3ccccc3)[C@@H]12. The van der Waals surface area contributed by atoms with Crippen molar-refractivity contribution < 1.29 is 4.79 Å². The van der Waals surface area contributed by atoms with Crippen molar-refractivity contribution in [2.24, 2.45) is 5.10 Å². The Bertz CT molecular complexity index is 1090. The van der Waals surface area contributed by atoms with E-state index in [2.05, 4.69) is 55.3 Å². The Balaban J connectivity index is 1.68. The minimum absolute atomic E-state index is 0.0744. The molecule has 0 unspecified atom stereocenters. The summed E-state index contributed by atoms with van der Waals surface area (Å²) >= 11 is 0. The topological polar surface area (TPSA) is 35.9 Å². The molecule has 2 atom stereocenters. The van der Waals surface area contributed by atoms with Gasteiger partial charge in [0.15, 0.2) is 0 Å². The van der Waals surface area contributed by atoms with Gasteiger partial charge in [-0.05, 0) is 29.3 Å². The largest absolute Gasteiger partial charge is 0.352 e. The molecular formula is C25H23N3O. The molecule has 5 rings (SSSR count). The van der Waals surface area contributed by atoms with Crippen molar-refractivity contribution >= 4 is 17.3 Å². The quantitative estimate of drug-likeness (QED) is 0.647. The highest BCUT2D eigenvalue weighted by atomic mass is 16.2. The fourth-order valence-corrected chi connectivity index (χ4v) is 4.81. The Morgan fingerprint density at radius 1 is 0.931 bits per heavy atom. The highest BCUT2D eigenvalue weighted by molar-refractivity contribution is 6.04. The van der Waals surface area contributed by atoms with Crippen LogP contribution in [0.2, 0.25) is 0 Å². The lowest BCUT2D eigenvalue weighted by molar-refractivity contribution is 0.0581. The van der Waals surface area contributed by atoms with Crippen LogP contribution in [0, 0.1) is 0 Å². The molecule has 2 aliphatic heterocycles. The van der Waals surface area contributed by atoms with Crippen LogP contribution in [0.5, 0.6) is 0 Å². The van der Waals surface area contributed by atoms with E-state index in [0.717, 1.165) is 23.4 Å². The predicted molar refractivity (Wildman–Crippen MR) is 116 cm³/mol. The number of hydrogen-bond acceptors (Lipinski definition) is 3. The van der Waals surface area contributed by atoms with E-state index in [-0.39, 0.29) is 17.5 Å². The molecule has 3 aromatic carbocycles. The molecule has 4 nitrogen and oxygen atoms in total. The lowest BCUT2D eigenvalue weighted by Crippen LogP contribution is -2.57. The molecule has 2 heterocycles. The molecule has 0 bridgehead atoms. The number of carbonyl (C=O) groups is 1. The monoisotopic (exact) mass is 381 g/mol. The highest BCUT2D eigenvalue weighted by Crippen LogP contribution is 2.50. The lowest BCUT2D eigenvalue weighted by Gasteiger charge is -2.44. The first-order valence-corrected chi connectivity index (χ1v) is 9.93. The molecule has 0 fully saturated rings. The predicted octanol–water partition coefficient (Wildman–Crippen LogP) is 4.67. The number of hydrazone groups is 1. The van der Waals surface area contributed by atoms with E-state index in [4.69, 9.17) is 5.10 Å². The maximum absolute atomic E-state index is 13.6. The molecule has 0 saturated heterocycles. The minimum atomic E-state index is -0.247. The molecule has 0 radical (unpaired) electrons. The van der Waals surface area contributed by atoms with Gasteiger partial charge in [0.25, 0.3) is 5.91 Å². The van der Waals surface area contributed by atoms with Gasteiger partial charge in [0, 0.05) is 30.1 Å². The van der Waals surface area contributed by atoms with Gasteiger partial charge in [-0.1, -0.05) is 73.7 Å². The first kappa shape index (κ1) is 17.7. The molecule has 0 spiro atoms. The number of hydrogen-bond donors (Lipinski definition) is 0. The Kier molecular flexibility index (Phi) is 4.02. The summed E-state index contributed by atoms with van der Waals surface area (Å²) in [4.78, 5) is 15.7. The third-order valence-corrected chi connectivity index (χ3v) is 6.17. The van der Waals surface area contributed by atoms with Crippen LogP contribution < -0.4 is 4.90 Å². The Labute approximate surface area is 171 Å². The van der Waals surface area contributed by atoms with E-state index in [1.54, 1.807) is 5.01 Å². The molecule has 0 saturated carbocycles. The Morgan fingerprint density at radius 2 is 1.55 bits per heavy atom. The van der Waals surface area contributed by atoms with E-state index in [0.29, 0.717) is 5.56 Å². The molecule has 29 heavy (non-hydrogen) atoms. The summed E-state index contributed by atoms with van der Waals surface area (Å²) in [5.41, 5.74) is 4.83. The Morgan fingerprint density at radius 3 is 2.28 bits per heavy atom. The van der Waals surface area contributed by atoms with E-state index in [9.17, 15) is 4.79 Å². The molecule has 0 N–H and O–H groups in total. The van der Waals surface area contributed by atoms with Crippen LogP contribution in [-0.4, -0.2) is 29.8 Å². The van der Waals surface area contributed by atoms with E-state index in [1.807, 2.05) is 48.5 Å². The van der Waals surface area contributed by atoms with Gasteiger partial charge in [0.1, 0.15) is 6.17 Å². The molecule has 4 heteroatoms. The van der Waals surface area contributed by atoms with Crippen molar-refractivity contribution in [3.05, 3.63) is 102 Å². The van der Waals surface area contributed by atoms with Crippen LogP contribution in [0.25, 0.3) is 0 Å². The zero-order valence-corrected chi connectivity index (χ0v) is 16.6. The van der Waals surface area contributed by atoms with E-state index >= 15 is 0 Å². The summed E-state index contributed by atoms with van der Waals surface area (Å²) in [5.74, 6) is -0.0744. The van der Waals surface area contributed by atoms with Gasteiger partial charge < -0.3 is 4.90 Å². The summed E-state index contributed by atoms with van der Waals surface area (Å²) < 4.78 is 0. The number of benzene rings is 3. The van der Waals surface area contributed by atoms with Gasteiger partial charge >= 0.3 is 0 Å². The van der Waals surface area contributed by atoms with Crippen LogP contribution in [-0.2, 0) is 5.41 Å². The zero-order valence-electron chi connectivity index (χ0n) is 16.6. The number of rotatable bonds is 2. The third-order valence-electron chi connectivity index (χ3n) is 6.17. The van der Waals surface area contributed by atoms with Gasteiger partial charge in [-0.15, -0.1) is 0 Å². The minimum Gasteiger partial charge on any atom is -0.352 e. The average molecular weight is 381 g/mol. The van der Waals surface area contributed by atoms with Crippen molar-refractivity contribution in [1.29, 1.82) is 0 Å². The van der Waals surface area contributed by atoms with Crippen LogP contribution in [0.15, 0.2) is 90.0 Å². The molecule has 1 amide bonds. The molecule has 0 aromatic heterocycles. The van der Waals surface area contributed by atoms with Gasteiger partial charge in [-0.3, -0.25) is 4.79 Å². The smallest absolute Gasteiger partial charge is 0.275 e. The first-order valence-electron chi connectivity index (χ1n) is 9.93. The number of anilines is 1. The number of nitrogens with zero attached hydrogens (tertiary/aromatic N) is 3. The number of para-hydroxylation sites is 1. The van der Waals surface area contributed by atoms with Crippen molar-refractivity contribution in [2.75, 3.05) is 11.9 Å². The van der Waals surface area contributed by atoms with Gasteiger partial charge in [-0.2, -0.15) is 5.10 Å². The average Bonchev–Trinajstić information content (AvgIpc) is 3.01. The maximum atomic E-state index is 13.6. The van der Waals surface area contributed by atoms with Crippen molar-refractivity contribution in [2.45, 2.75) is 24.9 Å². The van der Waals surface area contributed by atoms with Crippen molar-refractivity contribution in [3.63, 3.8) is 0 Å². The van der Waals surface area contributed by atoms with Gasteiger partial charge in [0.05, 0.1) is 5.71 Å². The number of carbonyl (C=O) groups excluding carboxylic acids is 1. The van der Waals surface area contributed by atoms with Crippen LogP contribution in [0.3, 0.4) is 0 Å². The highest BCUT2D eigenvalue weighted by Gasteiger charge is 2.53. The fraction of sp³-hybridized carbons (Fsp3) is 0.200. The van der Waals surface area contributed by atoms with Crippen LogP contribution in [0.4, 0.5) is 5.69 Å². The number of likely N-dealkylation sites (N-methyl/N-ethyl adjacent to an activating group) is 1. The maximum Gasteiger partial charge on any atom is 0.275 e. The lowest BCUT2D eigenvalue weighted by atomic mass is 9.75. The second-order valence-electron chi connectivity index (χ2n) is 8.02. The van der Waals surface area contributed by atoms with Crippen molar-refractivity contribution in [3.8, 4) is 0 Å². The summed E-state index contributed by atoms with van der Waals surface area (Å²) in [5, 5.41) is 6.60. The number of amides is 1. The van der Waals surface area contributed by atoms with Crippen LogP contribution in [0.1, 0.15) is 34.8 Å². The second kappa shape index (κ2) is 6.59. The fourth-order valence-electron chi connectivity index (χ4n) is 4.81. The second-order valence-corrected chi connectivity index (χ2v) is 8.02. The Hall–Kier alpha value is -3.40. The normalized spacial score (nSPS) is 22.7. The van der Waals surface area contributed by atoms with Crippen LogP contribution >= 0.6 is 0 Å². The molecular weight excluding hydrogens is 358 g/mol. The zero-order chi connectivity index (χ0) is 20.0. The van der Waals surface area contributed by atoms with Crippen molar-refractivity contribution in [1.82, 2.24) is 5.01 Å². The van der Waals surface area contributed by atoms with Gasteiger partial charge in [0.2, 0.25) is 0 Å². The van der Waals surface area contributed by atoms with E-state index in [1.165, 1.54) is 5.56 Å². The molecule has 2 aliphatic rings. The van der Waals surface area contributed by atoms with Gasteiger partial charge in [-0.25, -0.2) is 5.01 Å². The summed E-state index contributed by atoms with van der Waals surface area (Å²) in [6.07, 6.45) is 0.613. The van der Waals surface area contributed by atoms with E-state index < -0.39 is 0 Å². The molecule has 0 aliphatic carbocycles.